The molecular weight excluding hydrogens is 581 g/mol. The van der Waals surface area contributed by atoms with E-state index in [9.17, 15) is 0 Å². The highest BCUT2D eigenvalue weighted by Crippen LogP contribution is 2.47. The summed E-state index contributed by atoms with van der Waals surface area (Å²) in [5.74, 6) is 0. The van der Waals surface area contributed by atoms with Crippen LogP contribution in [0.4, 0.5) is 17.1 Å². The van der Waals surface area contributed by atoms with Gasteiger partial charge in [-0.25, -0.2) is 0 Å². The van der Waals surface area contributed by atoms with Crippen molar-refractivity contribution in [3.8, 4) is 27.9 Å². The number of hydrogen-bond donors (Lipinski definition) is 0. The maximum Gasteiger partial charge on any atom is 0.0546 e. The van der Waals surface area contributed by atoms with E-state index in [4.69, 9.17) is 0 Å². The predicted molar refractivity (Wildman–Crippen MR) is 204 cm³/mol. The molecule has 0 saturated heterocycles. The van der Waals surface area contributed by atoms with Crippen LogP contribution in [0.1, 0.15) is 0 Å². The lowest BCUT2D eigenvalue weighted by molar-refractivity contribution is 1.18. The average molecular weight is 613 g/mol. The number of nitrogens with zero attached hydrogens (tertiary/aromatic N) is 2. The highest BCUT2D eigenvalue weighted by atomic mass is 15.1. The molecule has 226 valence electrons. The first kappa shape index (κ1) is 27.9. The molecule has 2 heteroatoms. The number of rotatable bonds is 6. The summed E-state index contributed by atoms with van der Waals surface area (Å²) in [6.45, 7) is 0. The number of hydrogen-bond acceptors (Lipinski definition) is 1. The molecule has 0 amide bonds. The second-order valence-corrected chi connectivity index (χ2v) is 12.2. The van der Waals surface area contributed by atoms with E-state index in [0.29, 0.717) is 0 Å². The van der Waals surface area contributed by atoms with Gasteiger partial charge < -0.3 is 9.47 Å². The second-order valence-electron chi connectivity index (χ2n) is 12.2. The lowest BCUT2D eigenvalue weighted by atomic mass is 9.89. The first-order valence-corrected chi connectivity index (χ1v) is 16.5. The zero-order valence-electron chi connectivity index (χ0n) is 26.4. The van der Waals surface area contributed by atoms with Gasteiger partial charge in [-0.3, -0.25) is 0 Å². The topological polar surface area (TPSA) is 8.17 Å². The third-order valence-electron chi connectivity index (χ3n) is 9.37. The zero-order valence-corrected chi connectivity index (χ0v) is 26.4. The Morgan fingerprint density at radius 1 is 0.375 bits per heavy atom. The first-order chi connectivity index (χ1) is 23.8. The van der Waals surface area contributed by atoms with Gasteiger partial charge in [-0.05, 0) is 88.1 Å². The number of anilines is 3. The van der Waals surface area contributed by atoms with Crippen LogP contribution >= 0.6 is 0 Å². The lowest BCUT2D eigenvalue weighted by Gasteiger charge is -2.29. The highest BCUT2D eigenvalue weighted by molar-refractivity contribution is 6.12. The fourth-order valence-corrected chi connectivity index (χ4v) is 7.28. The molecule has 0 fully saturated rings. The fraction of sp³-hybridized carbons (Fsp3) is 0. The van der Waals surface area contributed by atoms with Crippen molar-refractivity contribution in [2.24, 2.45) is 0 Å². The Morgan fingerprint density at radius 3 is 1.69 bits per heavy atom. The van der Waals surface area contributed by atoms with E-state index < -0.39 is 0 Å². The van der Waals surface area contributed by atoms with Gasteiger partial charge in [-0.2, -0.15) is 0 Å². The van der Waals surface area contributed by atoms with Gasteiger partial charge in [-0.1, -0.05) is 133 Å². The third-order valence-corrected chi connectivity index (χ3v) is 9.37. The molecule has 48 heavy (non-hydrogen) atoms. The Balaban J connectivity index is 1.38. The van der Waals surface area contributed by atoms with Crippen LogP contribution in [-0.2, 0) is 0 Å². The highest BCUT2D eigenvalue weighted by Gasteiger charge is 2.22. The normalized spacial score (nSPS) is 11.3. The van der Waals surface area contributed by atoms with Crippen molar-refractivity contribution in [1.29, 1.82) is 0 Å². The third kappa shape index (κ3) is 4.66. The molecule has 2 nitrogen and oxygen atoms in total. The predicted octanol–water partition coefficient (Wildman–Crippen LogP) is 12.7. The van der Waals surface area contributed by atoms with Gasteiger partial charge >= 0.3 is 0 Å². The number of aromatic nitrogens is 1. The van der Waals surface area contributed by atoms with Crippen LogP contribution in [0.3, 0.4) is 0 Å². The summed E-state index contributed by atoms with van der Waals surface area (Å²) in [4.78, 5) is 2.39. The van der Waals surface area contributed by atoms with Crippen LogP contribution in [0.25, 0.3) is 60.5 Å². The molecule has 0 saturated carbocycles. The maximum absolute atomic E-state index is 2.40. The molecule has 0 N–H and O–H groups in total. The van der Waals surface area contributed by atoms with Gasteiger partial charge in [0.2, 0.25) is 0 Å². The molecule has 1 aromatic heterocycles. The Hall–Kier alpha value is -6.38. The minimum atomic E-state index is 1.11. The SMILES string of the molecule is c1ccc(N(c2ccccc2)c2cccc(-c3cccc4ccccc34)c2-c2ccc3c(c2)c2ccccc2n3-c2ccccc2)cc1. The van der Waals surface area contributed by atoms with Crippen molar-refractivity contribution >= 4 is 49.6 Å². The molecule has 0 bridgehead atoms. The monoisotopic (exact) mass is 612 g/mol. The summed E-state index contributed by atoms with van der Waals surface area (Å²) in [7, 11) is 0. The smallest absolute Gasteiger partial charge is 0.0546 e. The maximum atomic E-state index is 2.40. The summed E-state index contributed by atoms with van der Waals surface area (Å²) in [6.07, 6.45) is 0. The van der Waals surface area contributed by atoms with Crippen LogP contribution in [0, 0.1) is 0 Å². The van der Waals surface area contributed by atoms with Crippen LogP contribution in [-0.4, -0.2) is 4.57 Å². The molecule has 0 aliphatic heterocycles. The minimum absolute atomic E-state index is 1.11. The zero-order chi connectivity index (χ0) is 31.9. The molecule has 9 aromatic rings. The van der Waals surface area contributed by atoms with Crippen molar-refractivity contribution < 1.29 is 0 Å². The van der Waals surface area contributed by atoms with E-state index in [0.717, 1.165) is 22.7 Å². The van der Waals surface area contributed by atoms with Gasteiger partial charge in [0.25, 0.3) is 0 Å². The van der Waals surface area contributed by atoms with Gasteiger partial charge in [0.15, 0.2) is 0 Å². The standard InChI is InChI=1S/C46H32N2/c1-4-18-35(19-5-1)47(36-20-6-2-7-21-36)45-29-15-27-41(39-26-14-17-33-16-10-11-24-38(33)39)46(45)34-30-31-44-42(32-34)40-25-12-13-28-43(40)48(44)37-22-8-3-9-23-37/h1-32H. The van der Waals surface area contributed by atoms with E-state index in [-0.39, 0.29) is 0 Å². The molecule has 0 aliphatic carbocycles. The fourth-order valence-electron chi connectivity index (χ4n) is 7.28. The molecule has 8 aromatic carbocycles. The molecule has 0 spiro atoms. The van der Waals surface area contributed by atoms with E-state index >= 15 is 0 Å². The van der Waals surface area contributed by atoms with E-state index in [1.165, 1.54) is 54.8 Å². The quantitative estimate of drug-likeness (QED) is 0.181. The van der Waals surface area contributed by atoms with E-state index in [1.807, 2.05) is 0 Å². The minimum Gasteiger partial charge on any atom is -0.310 e. The Kier molecular flexibility index (Phi) is 6.84. The first-order valence-electron chi connectivity index (χ1n) is 16.5. The van der Waals surface area contributed by atoms with Crippen molar-refractivity contribution in [3.05, 3.63) is 194 Å². The van der Waals surface area contributed by atoms with Crippen LogP contribution in [0.15, 0.2) is 194 Å². The van der Waals surface area contributed by atoms with E-state index in [1.54, 1.807) is 0 Å². The Morgan fingerprint density at radius 2 is 0.938 bits per heavy atom. The molecule has 0 unspecified atom stereocenters. The molecule has 0 aliphatic rings. The van der Waals surface area contributed by atoms with E-state index in [2.05, 4.69) is 204 Å². The lowest BCUT2D eigenvalue weighted by Crippen LogP contribution is -2.11. The molecule has 0 atom stereocenters. The van der Waals surface area contributed by atoms with Crippen molar-refractivity contribution in [2.45, 2.75) is 0 Å². The van der Waals surface area contributed by atoms with Crippen molar-refractivity contribution in [3.63, 3.8) is 0 Å². The Bertz CT molecular complexity index is 2500. The summed E-state index contributed by atoms with van der Waals surface area (Å²) >= 11 is 0. The van der Waals surface area contributed by atoms with Gasteiger partial charge in [0, 0.05) is 33.4 Å². The summed E-state index contributed by atoms with van der Waals surface area (Å²) < 4.78 is 2.38. The van der Waals surface area contributed by atoms with Crippen LogP contribution in [0.5, 0.6) is 0 Å². The molecule has 1 heterocycles. The summed E-state index contributed by atoms with van der Waals surface area (Å²) in [6, 6.07) is 69.9. The molecule has 9 rings (SSSR count). The van der Waals surface area contributed by atoms with Crippen molar-refractivity contribution in [1.82, 2.24) is 4.57 Å². The number of fused-ring (bicyclic) bond motifs is 4. The second kappa shape index (κ2) is 11.8. The van der Waals surface area contributed by atoms with Crippen LogP contribution < -0.4 is 4.90 Å². The van der Waals surface area contributed by atoms with Crippen LogP contribution in [0.2, 0.25) is 0 Å². The van der Waals surface area contributed by atoms with Gasteiger partial charge in [0.05, 0.1) is 16.7 Å². The summed E-state index contributed by atoms with van der Waals surface area (Å²) in [5.41, 5.74) is 11.7. The number of benzene rings is 8. The Labute approximate surface area is 280 Å². The average Bonchev–Trinajstić information content (AvgIpc) is 3.49. The molecular formula is C46H32N2. The molecule has 0 radical (unpaired) electrons. The van der Waals surface area contributed by atoms with Crippen molar-refractivity contribution in [2.75, 3.05) is 4.90 Å². The van der Waals surface area contributed by atoms with Gasteiger partial charge in [-0.15, -0.1) is 0 Å². The largest absolute Gasteiger partial charge is 0.310 e. The summed E-state index contributed by atoms with van der Waals surface area (Å²) in [5, 5.41) is 4.95. The van der Waals surface area contributed by atoms with Gasteiger partial charge in [0.1, 0.15) is 0 Å². The number of para-hydroxylation sites is 4.